The number of halogens is 6. The van der Waals surface area contributed by atoms with Crippen molar-refractivity contribution in [3.05, 3.63) is 27.2 Å². The maximum atomic E-state index is 13.4. The number of benzene rings is 1. The maximum absolute atomic E-state index is 13.4. The molecule has 1 atom stereocenters. The number of phenols is 1. The molecular weight excluding hydrogens is 412 g/mol. The molecule has 1 saturated heterocycles. The Labute approximate surface area is 148 Å². The first-order chi connectivity index (χ1) is 9.00. The predicted octanol–water partition coefficient (Wildman–Crippen LogP) is 3.86. The fraction of sp³-hybridized carbons (Fsp3) is 0.500. The molecule has 2 rings (SSSR count). The molecule has 1 fully saturated rings. The normalized spacial score (nSPS) is 17.0. The molecule has 1 aliphatic rings. The van der Waals surface area contributed by atoms with Gasteiger partial charge < -0.3 is 10.4 Å². The van der Waals surface area contributed by atoms with E-state index in [4.69, 9.17) is 11.6 Å². The van der Waals surface area contributed by atoms with E-state index in [1.54, 1.807) is 4.90 Å². The average molecular weight is 429 g/mol. The molecule has 1 aromatic carbocycles. The summed E-state index contributed by atoms with van der Waals surface area (Å²) in [5.41, 5.74) is 0.163. The van der Waals surface area contributed by atoms with Crippen LogP contribution in [0.2, 0.25) is 5.02 Å². The zero-order chi connectivity index (χ0) is 14.0. The number of alkyl halides is 2. The van der Waals surface area contributed by atoms with Crippen LogP contribution in [-0.4, -0.2) is 42.6 Å². The van der Waals surface area contributed by atoms with Gasteiger partial charge in [-0.15, -0.1) is 24.8 Å². The molecule has 1 heterocycles. The Kier molecular flexibility index (Phi) is 9.39. The summed E-state index contributed by atoms with van der Waals surface area (Å²) in [5, 5.41) is 13.4. The lowest BCUT2D eigenvalue weighted by atomic mass is 10.0. The number of nitrogens with zero attached hydrogens (tertiary/aromatic N) is 1. The summed E-state index contributed by atoms with van der Waals surface area (Å²) in [5.74, 6) is -0.173. The molecule has 2 N–H and O–H groups in total. The molecule has 122 valence electrons. The van der Waals surface area contributed by atoms with Crippen LogP contribution in [0.5, 0.6) is 5.75 Å². The molecule has 21 heavy (non-hydrogen) atoms. The van der Waals surface area contributed by atoms with Gasteiger partial charge in [-0.3, -0.25) is 4.90 Å². The van der Waals surface area contributed by atoms with Crippen LogP contribution in [0.25, 0.3) is 0 Å². The van der Waals surface area contributed by atoms with Crippen LogP contribution in [0.1, 0.15) is 11.6 Å². The topological polar surface area (TPSA) is 35.5 Å². The average Bonchev–Trinajstić information content (AvgIpc) is 2.36. The highest BCUT2D eigenvalue weighted by atomic mass is 79.9. The van der Waals surface area contributed by atoms with Crippen LogP contribution in [0.4, 0.5) is 8.78 Å². The molecule has 0 aliphatic carbocycles. The van der Waals surface area contributed by atoms with Gasteiger partial charge in [0.1, 0.15) is 11.8 Å². The van der Waals surface area contributed by atoms with Gasteiger partial charge in [-0.1, -0.05) is 11.6 Å². The van der Waals surface area contributed by atoms with E-state index in [0.717, 1.165) is 0 Å². The number of aromatic hydroxyl groups is 1. The molecule has 9 heteroatoms. The van der Waals surface area contributed by atoms with Crippen LogP contribution in [0.15, 0.2) is 16.6 Å². The van der Waals surface area contributed by atoms with Crippen molar-refractivity contribution in [3.63, 3.8) is 0 Å². The first kappa shape index (κ1) is 21.1. The molecule has 0 bridgehead atoms. The van der Waals surface area contributed by atoms with E-state index in [1.165, 1.54) is 12.1 Å². The van der Waals surface area contributed by atoms with Crippen LogP contribution in [0, 0.1) is 0 Å². The van der Waals surface area contributed by atoms with E-state index < -0.39 is 12.5 Å². The summed E-state index contributed by atoms with van der Waals surface area (Å²) in [6, 6.07) is 1.75. The van der Waals surface area contributed by atoms with Crippen molar-refractivity contribution in [2.75, 3.05) is 26.2 Å². The second-order valence-electron chi connectivity index (χ2n) is 4.39. The van der Waals surface area contributed by atoms with Crippen molar-refractivity contribution in [2.24, 2.45) is 0 Å². The lowest BCUT2D eigenvalue weighted by molar-refractivity contribution is 0.0170. The molecule has 0 radical (unpaired) electrons. The molecule has 3 nitrogen and oxygen atoms in total. The minimum atomic E-state index is -2.59. The third kappa shape index (κ3) is 5.08. The van der Waals surface area contributed by atoms with E-state index in [2.05, 4.69) is 21.2 Å². The minimum absolute atomic E-state index is 0. The van der Waals surface area contributed by atoms with Crippen molar-refractivity contribution in [1.82, 2.24) is 10.2 Å². The fourth-order valence-electron chi connectivity index (χ4n) is 2.26. The third-order valence-corrected chi connectivity index (χ3v) is 3.98. The summed E-state index contributed by atoms with van der Waals surface area (Å²) in [6.07, 6.45) is -2.59. The first-order valence-electron chi connectivity index (χ1n) is 5.91. The van der Waals surface area contributed by atoms with Crippen molar-refractivity contribution in [1.29, 1.82) is 0 Å². The monoisotopic (exact) mass is 426 g/mol. The number of nitrogens with one attached hydrogen (secondary N) is 1. The fourth-order valence-corrected chi connectivity index (χ4v) is 3.10. The smallest absolute Gasteiger partial charge is 0.258 e. The Morgan fingerprint density at radius 2 is 1.81 bits per heavy atom. The van der Waals surface area contributed by atoms with E-state index in [-0.39, 0.29) is 36.1 Å². The highest BCUT2D eigenvalue weighted by molar-refractivity contribution is 9.10. The van der Waals surface area contributed by atoms with Crippen LogP contribution >= 0.6 is 52.3 Å². The molecular formula is C12H16BrCl3F2N2O. The minimum Gasteiger partial charge on any atom is -0.506 e. The van der Waals surface area contributed by atoms with Gasteiger partial charge >= 0.3 is 0 Å². The highest BCUT2D eigenvalue weighted by Gasteiger charge is 2.32. The van der Waals surface area contributed by atoms with Crippen LogP contribution < -0.4 is 5.32 Å². The number of hydrogen-bond donors (Lipinski definition) is 2. The molecule has 0 amide bonds. The van der Waals surface area contributed by atoms with Crippen molar-refractivity contribution in [2.45, 2.75) is 12.5 Å². The van der Waals surface area contributed by atoms with Gasteiger partial charge in [0.05, 0.1) is 4.47 Å². The second-order valence-corrected chi connectivity index (χ2v) is 5.68. The summed E-state index contributed by atoms with van der Waals surface area (Å²) < 4.78 is 27.1. The SMILES string of the molecule is Cl.Cl.Oc1c(Br)cc(Cl)cc1[C@H](C(F)F)N1CCNCC1. The van der Waals surface area contributed by atoms with Crippen molar-refractivity contribution >= 4 is 52.3 Å². The lowest BCUT2D eigenvalue weighted by Crippen LogP contribution is -2.46. The second kappa shape index (κ2) is 9.33. The van der Waals surface area contributed by atoms with Gasteiger partial charge in [0.15, 0.2) is 0 Å². The number of phenolic OH excluding ortho intramolecular Hbond substituents is 1. The Hall–Kier alpha value is 0.150. The highest BCUT2D eigenvalue weighted by Crippen LogP contribution is 2.39. The Morgan fingerprint density at radius 3 is 2.33 bits per heavy atom. The molecule has 0 spiro atoms. The van der Waals surface area contributed by atoms with Gasteiger partial charge in [-0.25, -0.2) is 8.78 Å². The Bertz CT molecular complexity index is 462. The molecule has 1 aliphatic heterocycles. The summed E-state index contributed by atoms with van der Waals surface area (Å²) in [7, 11) is 0. The lowest BCUT2D eigenvalue weighted by Gasteiger charge is -2.35. The molecule has 0 unspecified atom stereocenters. The zero-order valence-electron chi connectivity index (χ0n) is 10.9. The van der Waals surface area contributed by atoms with Crippen molar-refractivity contribution < 1.29 is 13.9 Å². The van der Waals surface area contributed by atoms with Gasteiger partial charge in [-0.05, 0) is 28.1 Å². The first-order valence-corrected chi connectivity index (χ1v) is 7.08. The standard InChI is InChI=1S/C12H14BrClF2N2O.2ClH/c13-9-6-7(14)5-8(11(9)19)10(12(15)16)18-3-1-17-2-4-18;;/h5-6,10,12,17,19H,1-4H2;2*1H/t10-;;/m1../s1. The largest absolute Gasteiger partial charge is 0.506 e. The van der Waals surface area contributed by atoms with Gasteiger partial charge in [0.25, 0.3) is 6.43 Å². The molecule has 0 aromatic heterocycles. The number of piperazine rings is 1. The predicted molar refractivity (Wildman–Crippen MR) is 88.5 cm³/mol. The van der Waals surface area contributed by atoms with E-state index in [9.17, 15) is 13.9 Å². The summed E-state index contributed by atoms with van der Waals surface area (Å²) in [6.45, 7) is 2.34. The number of hydrogen-bond acceptors (Lipinski definition) is 3. The number of rotatable bonds is 3. The van der Waals surface area contributed by atoms with Gasteiger partial charge in [0.2, 0.25) is 0 Å². The van der Waals surface area contributed by atoms with Crippen molar-refractivity contribution in [3.8, 4) is 5.75 Å². The van der Waals surface area contributed by atoms with E-state index >= 15 is 0 Å². The Morgan fingerprint density at radius 1 is 1.24 bits per heavy atom. The quantitative estimate of drug-likeness (QED) is 0.768. The van der Waals surface area contributed by atoms with E-state index in [0.29, 0.717) is 35.7 Å². The van der Waals surface area contributed by atoms with E-state index in [1.807, 2.05) is 0 Å². The van der Waals surface area contributed by atoms with Crippen LogP contribution in [-0.2, 0) is 0 Å². The summed E-state index contributed by atoms with van der Waals surface area (Å²) in [4.78, 5) is 1.67. The van der Waals surface area contributed by atoms with Gasteiger partial charge in [0, 0.05) is 36.8 Å². The molecule has 0 saturated carbocycles. The van der Waals surface area contributed by atoms with Gasteiger partial charge in [-0.2, -0.15) is 0 Å². The maximum Gasteiger partial charge on any atom is 0.258 e. The summed E-state index contributed by atoms with van der Waals surface area (Å²) >= 11 is 9.02. The van der Waals surface area contributed by atoms with Crippen LogP contribution in [0.3, 0.4) is 0 Å². The Balaban J connectivity index is 0.00000200. The third-order valence-electron chi connectivity index (χ3n) is 3.16. The molecule has 1 aromatic rings. The zero-order valence-corrected chi connectivity index (χ0v) is 14.8.